The second kappa shape index (κ2) is 9.55. The number of amides is 1. The van der Waals surface area contributed by atoms with Crippen molar-refractivity contribution in [2.75, 3.05) is 19.0 Å². The van der Waals surface area contributed by atoms with E-state index in [2.05, 4.69) is 16.2 Å². The van der Waals surface area contributed by atoms with Gasteiger partial charge in [-0.25, -0.2) is 0 Å². The maximum Gasteiger partial charge on any atom is 0.276 e. The summed E-state index contributed by atoms with van der Waals surface area (Å²) in [6.07, 6.45) is 0. The van der Waals surface area contributed by atoms with E-state index in [1.54, 1.807) is 24.3 Å². The summed E-state index contributed by atoms with van der Waals surface area (Å²) in [6, 6.07) is 10.7. The largest absolute Gasteiger partial charge is 0.493 e. The lowest BCUT2D eigenvalue weighted by atomic mass is 10.3. The molecule has 0 fully saturated rings. The Morgan fingerprint density at radius 2 is 1.93 bits per heavy atom. The first-order chi connectivity index (χ1) is 12.9. The molecule has 0 aliphatic carbocycles. The molecule has 0 aliphatic rings. The van der Waals surface area contributed by atoms with Gasteiger partial charge in [0.25, 0.3) is 11.6 Å². The van der Waals surface area contributed by atoms with E-state index in [9.17, 15) is 14.9 Å². The number of hydrogen-bond donors (Lipinski definition) is 3. The summed E-state index contributed by atoms with van der Waals surface area (Å²) in [5, 5.41) is 13.7. The minimum atomic E-state index is -0.561. The SMILES string of the molecule is COc1ccccc1OCC(=O)NNC(=S)Nc1cc([N+](=O)[O-])ccc1Cl. The van der Waals surface area contributed by atoms with Crippen molar-refractivity contribution in [3.8, 4) is 11.5 Å². The molecule has 0 aromatic heterocycles. The average molecular weight is 411 g/mol. The number of hydrogen-bond acceptors (Lipinski definition) is 6. The van der Waals surface area contributed by atoms with Gasteiger partial charge in [-0.1, -0.05) is 23.7 Å². The van der Waals surface area contributed by atoms with Gasteiger partial charge in [-0.3, -0.25) is 25.8 Å². The van der Waals surface area contributed by atoms with Crippen LogP contribution >= 0.6 is 23.8 Å². The number of carbonyl (C=O) groups is 1. The third kappa shape index (κ3) is 5.97. The molecule has 142 valence electrons. The molecule has 0 bridgehead atoms. The number of ether oxygens (including phenoxy) is 2. The Kier molecular flexibility index (Phi) is 7.15. The minimum absolute atomic E-state index is 0.0111. The molecule has 2 aromatic rings. The van der Waals surface area contributed by atoms with E-state index in [0.717, 1.165) is 0 Å². The Hall–Kier alpha value is -3.11. The predicted octanol–water partition coefficient (Wildman–Crippen LogP) is 2.65. The van der Waals surface area contributed by atoms with Crippen LogP contribution < -0.4 is 25.6 Å². The number of thiocarbonyl (C=S) groups is 1. The summed E-state index contributed by atoms with van der Waals surface area (Å²) in [5.41, 5.74) is 4.86. The van der Waals surface area contributed by atoms with Crippen molar-refractivity contribution in [1.29, 1.82) is 0 Å². The van der Waals surface area contributed by atoms with Gasteiger partial charge in [0.15, 0.2) is 23.2 Å². The summed E-state index contributed by atoms with van der Waals surface area (Å²) in [5.74, 6) is 0.408. The molecule has 1 amide bonds. The molecule has 0 unspecified atom stereocenters. The van der Waals surface area contributed by atoms with Gasteiger partial charge in [0.2, 0.25) is 0 Å². The van der Waals surface area contributed by atoms with E-state index in [1.165, 1.54) is 25.3 Å². The smallest absolute Gasteiger partial charge is 0.276 e. The van der Waals surface area contributed by atoms with E-state index in [1.807, 2.05) is 0 Å². The zero-order valence-corrected chi connectivity index (χ0v) is 15.6. The summed E-state index contributed by atoms with van der Waals surface area (Å²) in [7, 11) is 1.49. The van der Waals surface area contributed by atoms with E-state index in [-0.39, 0.29) is 28.1 Å². The fraction of sp³-hybridized carbons (Fsp3) is 0.125. The average Bonchev–Trinajstić information content (AvgIpc) is 2.66. The Morgan fingerprint density at radius 1 is 1.22 bits per heavy atom. The number of nitro groups is 1. The topological polar surface area (TPSA) is 115 Å². The highest BCUT2D eigenvalue weighted by molar-refractivity contribution is 7.80. The fourth-order valence-corrected chi connectivity index (χ4v) is 2.25. The van der Waals surface area contributed by atoms with Crippen LogP contribution in [0.5, 0.6) is 11.5 Å². The highest BCUT2D eigenvalue weighted by Gasteiger charge is 2.11. The van der Waals surface area contributed by atoms with Crippen molar-refractivity contribution in [1.82, 2.24) is 10.9 Å². The number of nitrogens with zero attached hydrogens (tertiary/aromatic N) is 1. The van der Waals surface area contributed by atoms with Crippen LogP contribution in [0.15, 0.2) is 42.5 Å². The van der Waals surface area contributed by atoms with Gasteiger partial charge in [0, 0.05) is 12.1 Å². The normalized spacial score (nSPS) is 9.85. The lowest BCUT2D eigenvalue weighted by molar-refractivity contribution is -0.384. The van der Waals surface area contributed by atoms with Crippen molar-refractivity contribution in [2.24, 2.45) is 0 Å². The van der Waals surface area contributed by atoms with Crippen LogP contribution in [0.1, 0.15) is 0 Å². The zero-order valence-electron chi connectivity index (χ0n) is 14.0. The maximum absolute atomic E-state index is 11.8. The molecule has 11 heteroatoms. The lowest BCUT2D eigenvalue weighted by Crippen LogP contribution is -2.45. The van der Waals surface area contributed by atoms with Crippen molar-refractivity contribution in [3.63, 3.8) is 0 Å². The molecule has 0 radical (unpaired) electrons. The number of carbonyl (C=O) groups excluding carboxylic acids is 1. The molecule has 2 rings (SSSR count). The van der Waals surface area contributed by atoms with Gasteiger partial charge in [0.05, 0.1) is 22.7 Å². The van der Waals surface area contributed by atoms with E-state index >= 15 is 0 Å². The van der Waals surface area contributed by atoms with Crippen LogP contribution in [0.25, 0.3) is 0 Å². The predicted molar refractivity (Wildman–Crippen MR) is 104 cm³/mol. The Bertz CT molecular complexity index is 864. The number of benzene rings is 2. The first-order valence-electron chi connectivity index (χ1n) is 7.46. The van der Waals surface area contributed by atoms with Crippen molar-refractivity contribution < 1.29 is 19.2 Å². The van der Waals surface area contributed by atoms with Crippen LogP contribution in [-0.2, 0) is 4.79 Å². The minimum Gasteiger partial charge on any atom is -0.493 e. The summed E-state index contributed by atoms with van der Waals surface area (Å²) < 4.78 is 10.5. The molecular formula is C16H15ClN4O5S. The van der Waals surface area contributed by atoms with Crippen molar-refractivity contribution >= 4 is 46.2 Å². The highest BCUT2D eigenvalue weighted by atomic mass is 35.5. The summed E-state index contributed by atoms with van der Waals surface area (Å²) >= 11 is 11.0. The zero-order chi connectivity index (χ0) is 19.8. The molecule has 0 heterocycles. The van der Waals surface area contributed by atoms with Gasteiger partial charge < -0.3 is 14.8 Å². The van der Waals surface area contributed by atoms with Gasteiger partial charge in [-0.05, 0) is 30.4 Å². The van der Waals surface area contributed by atoms with Gasteiger partial charge in [0.1, 0.15) is 0 Å². The number of halogens is 1. The van der Waals surface area contributed by atoms with Crippen molar-refractivity contribution in [2.45, 2.75) is 0 Å². The third-order valence-electron chi connectivity index (χ3n) is 3.15. The number of anilines is 1. The number of methoxy groups -OCH3 is 1. The quantitative estimate of drug-likeness (QED) is 0.378. The molecule has 2 aromatic carbocycles. The summed E-state index contributed by atoms with van der Waals surface area (Å²) in [4.78, 5) is 22.1. The van der Waals surface area contributed by atoms with Gasteiger partial charge in [-0.15, -0.1) is 0 Å². The highest BCUT2D eigenvalue weighted by Crippen LogP contribution is 2.27. The molecule has 9 nitrogen and oxygen atoms in total. The lowest BCUT2D eigenvalue weighted by Gasteiger charge is -2.13. The Labute approximate surface area is 164 Å². The molecule has 27 heavy (non-hydrogen) atoms. The first-order valence-corrected chi connectivity index (χ1v) is 8.25. The number of para-hydroxylation sites is 2. The van der Waals surface area contributed by atoms with Crippen LogP contribution in [0.2, 0.25) is 5.02 Å². The van der Waals surface area contributed by atoms with Gasteiger partial charge >= 0.3 is 0 Å². The first kappa shape index (κ1) is 20.2. The Morgan fingerprint density at radius 3 is 2.59 bits per heavy atom. The van der Waals surface area contributed by atoms with E-state index in [0.29, 0.717) is 11.5 Å². The number of hydrazine groups is 1. The fourth-order valence-electron chi connectivity index (χ4n) is 1.92. The standard InChI is InChI=1S/C16H15ClN4O5S/c1-25-13-4-2-3-5-14(13)26-9-15(22)19-20-16(27)18-12-8-10(21(23)24)6-7-11(12)17/h2-8H,9H2,1H3,(H,19,22)(H2,18,20,27). The molecule has 0 atom stereocenters. The number of non-ortho nitro benzene ring substituents is 1. The summed E-state index contributed by atoms with van der Waals surface area (Å²) in [6.45, 7) is -0.284. The molecule has 0 saturated heterocycles. The maximum atomic E-state index is 11.8. The second-order valence-corrected chi connectivity index (χ2v) is 5.80. The van der Waals surface area contributed by atoms with Gasteiger partial charge in [-0.2, -0.15) is 0 Å². The van der Waals surface area contributed by atoms with E-state index in [4.69, 9.17) is 33.3 Å². The second-order valence-electron chi connectivity index (χ2n) is 4.99. The van der Waals surface area contributed by atoms with Crippen LogP contribution in [0, 0.1) is 10.1 Å². The van der Waals surface area contributed by atoms with Crippen LogP contribution in [0.4, 0.5) is 11.4 Å². The molecular weight excluding hydrogens is 396 g/mol. The van der Waals surface area contributed by atoms with Crippen molar-refractivity contribution in [3.05, 3.63) is 57.6 Å². The number of nitro benzene ring substituents is 1. The molecule has 0 aliphatic heterocycles. The molecule has 0 saturated carbocycles. The molecule has 3 N–H and O–H groups in total. The monoisotopic (exact) mass is 410 g/mol. The number of nitrogens with one attached hydrogen (secondary N) is 3. The molecule has 0 spiro atoms. The third-order valence-corrected chi connectivity index (χ3v) is 3.69. The number of rotatable bonds is 6. The van der Waals surface area contributed by atoms with Crippen LogP contribution in [-0.4, -0.2) is 29.7 Å². The Balaban J connectivity index is 1.84. The van der Waals surface area contributed by atoms with Crippen LogP contribution in [0.3, 0.4) is 0 Å². The van der Waals surface area contributed by atoms with E-state index < -0.39 is 10.8 Å².